The molecule has 0 heterocycles. The molecule has 0 bridgehead atoms. The predicted molar refractivity (Wildman–Crippen MR) is 39.3 cm³/mol. The molecule has 0 aliphatic rings. The molecule has 0 amide bonds. The van der Waals surface area contributed by atoms with Crippen molar-refractivity contribution in [3.63, 3.8) is 0 Å². The molecule has 0 saturated heterocycles. The number of rotatable bonds is 1. The van der Waals surface area contributed by atoms with Crippen LogP contribution in [0.3, 0.4) is 0 Å². The molecule has 14 heavy (non-hydrogen) atoms. The lowest BCUT2D eigenvalue weighted by molar-refractivity contribution is -0.149. The summed E-state index contributed by atoms with van der Waals surface area (Å²) < 4.78 is 61.5. The third-order valence-corrected chi connectivity index (χ3v) is 1.67. The fraction of sp³-hybridized carbons (Fsp3) is 0.250. The van der Waals surface area contributed by atoms with Gasteiger partial charge in [-0.15, -0.1) is 0 Å². The van der Waals surface area contributed by atoms with Crippen LogP contribution in [0.25, 0.3) is 0 Å². The number of alkyl halides is 3. The largest absolute Gasteiger partial charge is 0.407 e. The molecule has 0 aliphatic carbocycles. The molecule has 6 heteroatoms. The second kappa shape index (κ2) is 3.53. The summed E-state index contributed by atoms with van der Waals surface area (Å²) in [7, 11) is 0. The zero-order valence-electron chi connectivity index (χ0n) is 6.78. The molecular weight excluding hydrogens is 205 g/mol. The Balaban J connectivity index is 3.14. The molecule has 0 aliphatic heterocycles. The lowest BCUT2D eigenvalue weighted by Gasteiger charge is -2.16. The summed E-state index contributed by atoms with van der Waals surface area (Å²) in [5.74, 6) is -2.90. The standard InChI is InChI=1S/C8H6F5N/c9-5-3-1-2-4(6(5)10)7(14)8(11,12)13/h1-3,7H,14H2/t7-/m0/s1. The van der Waals surface area contributed by atoms with Gasteiger partial charge in [0.05, 0.1) is 0 Å². The molecule has 1 aromatic carbocycles. The van der Waals surface area contributed by atoms with Crippen LogP contribution in [-0.2, 0) is 0 Å². The number of benzene rings is 1. The van der Waals surface area contributed by atoms with E-state index >= 15 is 0 Å². The van der Waals surface area contributed by atoms with E-state index in [1.807, 2.05) is 0 Å². The fourth-order valence-electron chi connectivity index (χ4n) is 0.937. The minimum absolute atomic E-state index is 0.724. The first-order valence-corrected chi connectivity index (χ1v) is 3.60. The van der Waals surface area contributed by atoms with E-state index in [4.69, 9.17) is 5.73 Å². The molecule has 78 valence electrons. The van der Waals surface area contributed by atoms with E-state index in [1.165, 1.54) is 0 Å². The molecule has 0 saturated carbocycles. The molecule has 1 atom stereocenters. The number of hydrogen-bond acceptors (Lipinski definition) is 1. The summed E-state index contributed by atoms with van der Waals surface area (Å²) >= 11 is 0. The summed E-state index contributed by atoms with van der Waals surface area (Å²) in [4.78, 5) is 0. The van der Waals surface area contributed by atoms with Crippen LogP contribution in [0.1, 0.15) is 11.6 Å². The van der Waals surface area contributed by atoms with E-state index in [-0.39, 0.29) is 0 Å². The average molecular weight is 211 g/mol. The van der Waals surface area contributed by atoms with E-state index in [1.54, 1.807) is 0 Å². The Morgan fingerprint density at radius 3 is 2.21 bits per heavy atom. The molecule has 1 aromatic rings. The van der Waals surface area contributed by atoms with Gasteiger partial charge >= 0.3 is 6.18 Å². The lowest BCUT2D eigenvalue weighted by atomic mass is 10.1. The molecule has 1 rings (SSSR count). The summed E-state index contributed by atoms with van der Waals surface area (Å²) in [5.41, 5.74) is 3.82. The highest BCUT2D eigenvalue weighted by atomic mass is 19.4. The van der Waals surface area contributed by atoms with Gasteiger partial charge in [0.15, 0.2) is 11.6 Å². The Bertz CT molecular complexity index is 333. The van der Waals surface area contributed by atoms with Crippen LogP contribution in [0.15, 0.2) is 18.2 Å². The van der Waals surface area contributed by atoms with Crippen LogP contribution in [-0.4, -0.2) is 6.18 Å². The van der Waals surface area contributed by atoms with E-state index in [0.29, 0.717) is 0 Å². The van der Waals surface area contributed by atoms with Gasteiger partial charge in [0.2, 0.25) is 0 Å². The minimum atomic E-state index is -4.78. The molecule has 0 fully saturated rings. The molecule has 1 nitrogen and oxygen atoms in total. The van der Waals surface area contributed by atoms with Crippen LogP contribution in [0.2, 0.25) is 0 Å². The monoisotopic (exact) mass is 211 g/mol. The van der Waals surface area contributed by atoms with Crippen molar-refractivity contribution in [2.45, 2.75) is 12.2 Å². The lowest BCUT2D eigenvalue weighted by Crippen LogP contribution is -2.29. The number of hydrogen-bond donors (Lipinski definition) is 1. The third-order valence-electron chi connectivity index (χ3n) is 1.67. The van der Waals surface area contributed by atoms with Gasteiger partial charge in [-0.3, -0.25) is 0 Å². The molecular formula is C8H6F5N. The third kappa shape index (κ3) is 2.01. The van der Waals surface area contributed by atoms with Crippen LogP contribution in [0.4, 0.5) is 22.0 Å². The van der Waals surface area contributed by atoms with Crippen LogP contribution in [0.5, 0.6) is 0 Å². The normalized spacial score (nSPS) is 14.1. The van der Waals surface area contributed by atoms with Crippen molar-refractivity contribution in [2.24, 2.45) is 5.73 Å². The van der Waals surface area contributed by atoms with E-state index in [9.17, 15) is 22.0 Å². The smallest absolute Gasteiger partial charge is 0.316 e. The minimum Gasteiger partial charge on any atom is -0.316 e. The first kappa shape index (κ1) is 10.9. The van der Waals surface area contributed by atoms with Crippen molar-refractivity contribution in [1.29, 1.82) is 0 Å². The maximum absolute atomic E-state index is 12.8. The van der Waals surface area contributed by atoms with Gasteiger partial charge < -0.3 is 5.73 Å². The van der Waals surface area contributed by atoms with E-state index in [0.717, 1.165) is 18.2 Å². The van der Waals surface area contributed by atoms with Crippen molar-refractivity contribution < 1.29 is 22.0 Å². The van der Waals surface area contributed by atoms with Crippen LogP contribution < -0.4 is 5.73 Å². The number of nitrogens with two attached hydrogens (primary N) is 1. The van der Waals surface area contributed by atoms with Gasteiger partial charge in [-0.25, -0.2) is 8.78 Å². The maximum atomic E-state index is 12.8. The Labute approximate surface area is 76.3 Å². The summed E-state index contributed by atoms with van der Waals surface area (Å²) in [6, 6.07) is -0.00381. The first-order chi connectivity index (χ1) is 6.34. The zero-order valence-corrected chi connectivity index (χ0v) is 6.78. The second-order valence-electron chi connectivity index (χ2n) is 2.66. The summed E-state index contributed by atoms with van der Waals surface area (Å²) in [6.07, 6.45) is -4.78. The van der Waals surface area contributed by atoms with E-state index in [2.05, 4.69) is 0 Å². The second-order valence-corrected chi connectivity index (χ2v) is 2.66. The quantitative estimate of drug-likeness (QED) is 0.709. The van der Waals surface area contributed by atoms with Gasteiger partial charge in [-0.05, 0) is 6.07 Å². The van der Waals surface area contributed by atoms with Crippen molar-refractivity contribution in [1.82, 2.24) is 0 Å². The molecule has 0 unspecified atom stereocenters. The van der Waals surface area contributed by atoms with Crippen molar-refractivity contribution >= 4 is 0 Å². The van der Waals surface area contributed by atoms with Gasteiger partial charge in [-0.2, -0.15) is 13.2 Å². The van der Waals surface area contributed by atoms with Gasteiger partial charge in [-0.1, -0.05) is 12.1 Å². The zero-order chi connectivity index (χ0) is 10.9. The number of halogens is 5. The van der Waals surface area contributed by atoms with Crippen molar-refractivity contribution in [3.05, 3.63) is 35.4 Å². The van der Waals surface area contributed by atoms with Gasteiger partial charge in [0, 0.05) is 5.56 Å². The van der Waals surface area contributed by atoms with Gasteiger partial charge in [0.1, 0.15) is 6.04 Å². The predicted octanol–water partition coefficient (Wildman–Crippen LogP) is 2.53. The van der Waals surface area contributed by atoms with Crippen molar-refractivity contribution in [2.75, 3.05) is 0 Å². The maximum Gasteiger partial charge on any atom is 0.407 e. The summed E-state index contributed by atoms with van der Waals surface area (Å²) in [6.45, 7) is 0. The summed E-state index contributed by atoms with van der Waals surface area (Å²) in [5, 5.41) is 0. The Kier molecular flexibility index (Phi) is 2.75. The molecule has 0 aromatic heterocycles. The molecule has 0 radical (unpaired) electrons. The highest BCUT2D eigenvalue weighted by molar-refractivity contribution is 5.23. The average Bonchev–Trinajstić information content (AvgIpc) is 2.07. The van der Waals surface area contributed by atoms with Gasteiger partial charge in [0.25, 0.3) is 0 Å². The van der Waals surface area contributed by atoms with Crippen LogP contribution >= 0.6 is 0 Å². The highest BCUT2D eigenvalue weighted by Crippen LogP contribution is 2.32. The Morgan fingerprint density at radius 1 is 1.14 bits per heavy atom. The molecule has 2 N–H and O–H groups in total. The van der Waals surface area contributed by atoms with Crippen molar-refractivity contribution in [3.8, 4) is 0 Å². The Morgan fingerprint density at radius 2 is 1.71 bits per heavy atom. The molecule has 0 spiro atoms. The Hall–Kier alpha value is -1.17. The van der Waals surface area contributed by atoms with Crippen LogP contribution in [0, 0.1) is 11.6 Å². The first-order valence-electron chi connectivity index (χ1n) is 3.60. The fourth-order valence-corrected chi connectivity index (χ4v) is 0.937. The topological polar surface area (TPSA) is 26.0 Å². The van der Waals surface area contributed by atoms with E-state index < -0.39 is 29.4 Å². The SMILES string of the molecule is N[C@@H](c1cccc(F)c1F)C(F)(F)F. The highest BCUT2D eigenvalue weighted by Gasteiger charge is 2.39.